The number of ether oxygens (including phenoxy) is 1. The number of aromatic nitrogens is 1. The number of amides is 3. The van der Waals surface area contributed by atoms with Crippen LogP contribution < -0.4 is 5.32 Å². The first-order valence-corrected chi connectivity index (χ1v) is 11.7. The molecule has 4 heterocycles. The van der Waals surface area contributed by atoms with E-state index in [0.29, 0.717) is 30.8 Å². The summed E-state index contributed by atoms with van der Waals surface area (Å²) in [4.78, 5) is 35.6. The van der Waals surface area contributed by atoms with E-state index in [1.165, 1.54) is 12.0 Å². The first-order valence-electron chi connectivity index (χ1n) is 11.7. The number of hydrogen-bond acceptors (Lipinski definition) is 5. The van der Waals surface area contributed by atoms with Crippen molar-refractivity contribution in [2.45, 2.75) is 38.8 Å². The number of morpholine rings is 1. The van der Waals surface area contributed by atoms with Gasteiger partial charge in [0.05, 0.1) is 13.2 Å². The van der Waals surface area contributed by atoms with Crippen LogP contribution in [0.3, 0.4) is 0 Å². The standard InChI is InChI=1S/C23H33N5O3/c29-21(2-6-26-9-11-31-12-10-26)27-7-3-23(4-8-27)13-20(23)15-25-22(30)28-16-18-1-5-24-14-19(18)17-28/h1,5,14,20H,2-4,6-13,15-17H2,(H,25,30). The van der Waals surface area contributed by atoms with Crippen LogP contribution >= 0.6 is 0 Å². The Kier molecular flexibility index (Phi) is 5.84. The second kappa shape index (κ2) is 8.74. The Morgan fingerprint density at radius 1 is 1.10 bits per heavy atom. The van der Waals surface area contributed by atoms with E-state index in [-0.39, 0.29) is 11.9 Å². The molecule has 2 saturated heterocycles. The fourth-order valence-corrected chi connectivity index (χ4v) is 5.46. The summed E-state index contributed by atoms with van der Waals surface area (Å²) in [5.41, 5.74) is 2.68. The van der Waals surface area contributed by atoms with Crippen molar-refractivity contribution >= 4 is 11.9 Å². The van der Waals surface area contributed by atoms with Crippen LogP contribution in [0.15, 0.2) is 18.5 Å². The van der Waals surface area contributed by atoms with Gasteiger partial charge in [-0.25, -0.2) is 4.79 Å². The maximum absolute atomic E-state index is 12.6. The Morgan fingerprint density at radius 3 is 2.65 bits per heavy atom. The maximum atomic E-state index is 12.6. The SMILES string of the molecule is O=C(CCN1CCOCC1)N1CCC2(CC1)CC2CNC(=O)N1Cc2ccncc2C1. The summed E-state index contributed by atoms with van der Waals surface area (Å²) in [6.07, 6.45) is 7.56. The highest BCUT2D eigenvalue weighted by atomic mass is 16.5. The van der Waals surface area contributed by atoms with Gasteiger partial charge in [-0.1, -0.05) is 0 Å². The van der Waals surface area contributed by atoms with Crippen LogP contribution in [-0.4, -0.2) is 84.1 Å². The molecule has 3 aliphatic heterocycles. The smallest absolute Gasteiger partial charge is 0.318 e. The van der Waals surface area contributed by atoms with Crippen molar-refractivity contribution in [2.24, 2.45) is 11.3 Å². The largest absolute Gasteiger partial charge is 0.379 e. The Bertz CT molecular complexity index is 792. The molecule has 4 aliphatic rings. The average molecular weight is 428 g/mol. The summed E-state index contributed by atoms with van der Waals surface area (Å²) >= 11 is 0. The first kappa shape index (κ1) is 20.7. The van der Waals surface area contributed by atoms with E-state index < -0.39 is 0 Å². The molecule has 1 unspecified atom stereocenters. The normalized spacial score (nSPS) is 24.8. The minimum absolute atomic E-state index is 0.0222. The van der Waals surface area contributed by atoms with Crippen LogP contribution in [0.25, 0.3) is 0 Å². The van der Waals surface area contributed by atoms with Gasteiger partial charge >= 0.3 is 6.03 Å². The molecule has 1 saturated carbocycles. The number of urea groups is 1. The second-order valence-corrected chi connectivity index (χ2v) is 9.53. The predicted octanol–water partition coefficient (Wildman–Crippen LogP) is 1.46. The quantitative estimate of drug-likeness (QED) is 0.770. The summed E-state index contributed by atoms with van der Waals surface area (Å²) in [5, 5.41) is 3.15. The Morgan fingerprint density at radius 2 is 1.87 bits per heavy atom. The molecule has 1 N–H and O–H groups in total. The molecule has 0 radical (unpaired) electrons. The van der Waals surface area contributed by atoms with Crippen molar-refractivity contribution in [2.75, 3.05) is 52.5 Å². The van der Waals surface area contributed by atoms with Crippen LogP contribution in [0.2, 0.25) is 0 Å². The van der Waals surface area contributed by atoms with E-state index in [1.54, 1.807) is 6.20 Å². The molecule has 31 heavy (non-hydrogen) atoms. The molecular formula is C23H33N5O3. The van der Waals surface area contributed by atoms with Gasteiger partial charge in [-0.05, 0) is 47.8 Å². The van der Waals surface area contributed by atoms with Crippen molar-refractivity contribution in [3.05, 3.63) is 29.6 Å². The molecule has 1 spiro atoms. The number of piperidine rings is 1. The van der Waals surface area contributed by atoms with E-state index in [2.05, 4.69) is 20.1 Å². The molecule has 1 aliphatic carbocycles. The Hall–Kier alpha value is -2.19. The van der Waals surface area contributed by atoms with Crippen molar-refractivity contribution in [3.8, 4) is 0 Å². The zero-order valence-corrected chi connectivity index (χ0v) is 18.2. The maximum Gasteiger partial charge on any atom is 0.318 e. The number of carbonyl (C=O) groups excluding carboxylic acids is 2. The van der Waals surface area contributed by atoms with E-state index in [1.807, 2.05) is 17.2 Å². The van der Waals surface area contributed by atoms with Crippen LogP contribution in [0.5, 0.6) is 0 Å². The zero-order chi connectivity index (χ0) is 21.3. The zero-order valence-electron chi connectivity index (χ0n) is 18.2. The highest BCUT2D eigenvalue weighted by Gasteiger charge is 2.54. The lowest BCUT2D eigenvalue weighted by atomic mass is 9.90. The topological polar surface area (TPSA) is 78.0 Å². The number of likely N-dealkylation sites (tertiary alicyclic amines) is 1. The van der Waals surface area contributed by atoms with E-state index in [4.69, 9.17) is 4.74 Å². The second-order valence-electron chi connectivity index (χ2n) is 9.53. The van der Waals surface area contributed by atoms with Gasteiger partial charge in [-0.2, -0.15) is 0 Å². The van der Waals surface area contributed by atoms with Crippen molar-refractivity contribution < 1.29 is 14.3 Å². The number of carbonyl (C=O) groups is 2. The molecule has 0 bridgehead atoms. The molecule has 1 aromatic heterocycles. The third kappa shape index (κ3) is 4.55. The minimum Gasteiger partial charge on any atom is -0.379 e. The van der Waals surface area contributed by atoms with Crippen LogP contribution in [-0.2, 0) is 22.6 Å². The van der Waals surface area contributed by atoms with Crippen LogP contribution in [0.4, 0.5) is 4.79 Å². The van der Waals surface area contributed by atoms with Gasteiger partial charge in [0.1, 0.15) is 0 Å². The third-order valence-corrected chi connectivity index (χ3v) is 7.73. The Labute approximate surface area is 183 Å². The summed E-state index contributed by atoms with van der Waals surface area (Å²) < 4.78 is 5.37. The summed E-state index contributed by atoms with van der Waals surface area (Å²) in [6.45, 7) is 8.05. The summed E-state index contributed by atoms with van der Waals surface area (Å²) in [6, 6.07) is 2.02. The number of pyridine rings is 1. The number of hydrogen-bond donors (Lipinski definition) is 1. The molecule has 8 heteroatoms. The van der Waals surface area contributed by atoms with Gasteiger partial charge in [0.15, 0.2) is 0 Å². The van der Waals surface area contributed by atoms with Gasteiger partial charge in [-0.15, -0.1) is 0 Å². The highest BCUT2D eigenvalue weighted by molar-refractivity contribution is 5.76. The lowest BCUT2D eigenvalue weighted by molar-refractivity contribution is -0.133. The molecule has 1 aromatic rings. The van der Waals surface area contributed by atoms with Gasteiger partial charge in [0.25, 0.3) is 0 Å². The fraction of sp³-hybridized carbons (Fsp3) is 0.696. The number of nitrogens with one attached hydrogen (secondary N) is 1. The summed E-state index contributed by atoms with van der Waals surface area (Å²) in [5.74, 6) is 0.837. The van der Waals surface area contributed by atoms with Crippen LogP contribution in [0, 0.1) is 11.3 Å². The lowest BCUT2D eigenvalue weighted by Gasteiger charge is -2.34. The van der Waals surface area contributed by atoms with Gasteiger partial charge in [-0.3, -0.25) is 14.7 Å². The van der Waals surface area contributed by atoms with E-state index >= 15 is 0 Å². The van der Waals surface area contributed by atoms with E-state index in [0.717, 1.165) is 70.9 Å². The number of nitrogens with zero attached hydrogens (tertiary/aromatic N) is 4. The monoisotopic (exact) mass is 427 g/mol. The minimum atomic E-state index is 0.0222. The van der Waals surface area contributed by atoms with Crippen molar-refractivity contribution in [1.82, 2.24) is 25.0 Å². The predicted molar refractivity (Wildman–Crippen MR) is 115 cm³/mol. The van der Waals surface area contributed by atoms with Gasteiger partial charge in [0, 0.05) is 71.2 Å². The Balaban J connectivity index is 1.01. The van der Waals surface area contributed by atoms with Crippen molar-refractivity contribution in [3.63, 3.8) is 0 Å². The first-order chi connectivity index (χ1) is 15.1. The van der Waals surface area contributed by atoms with E-state index in [9.17, 15) is 9.59 Å². The number of fused-ring (bicyclic) bond motifs is 1. The van der Waals surface area contributed by atoms with Gasteiger partial charge in [0.2, 0.25) is 5.91 Å². The molecular weight excluding hydrogens is 394 g/mol. The number of rotatable bonds is 5. The molecule has 3 amide bonds. The molecule has 8 nitrogen and oxygen atoms in total. The van der Waals surface area contributed by atoms with Gasteiger partial charge < -0.3 is 19.9 Å². The molecule has 3 fully saturated rings. The molecule has 1 atom stereocenters. The lowest BCUT2D eigenvalue weighted by Crippen LogP contribution is -2.43. The average Bonchev–Trinajstić information content (AvgIpc) is 3.28. The fourth-order valence-electron chi connectivity index (χ4n) is 5.46. The summed E-state index contributed by atoms with van der Waals surface area (Å²) in [7, 11) is 0. The third-order valence-electron chi connectivity index (χ3n) is 7.73. The molecule has 0 aromatic carbocycles. The molecule has 5 rings (SSSR count). The van der Waals surface area contributed by atoms with Crippen LogP contribution in [0.1, 0.15) is 36.8 Å². The highest BCUT2D eigenvalue weighted by Crippen LogP contribution is 2.59. The van der Waals surface area contributed by atoms with Crippen molar-refractivity contribution in [1.29, 1.82) is 0 Å². The molecule has 168 valence electrons.